The van der Waals surface area contributed by atoms with Gasteiger partial charge in [-0.3, -0.25) is 0 Å². The first-order chi connectivity index (χ1) is 8.04. The van der Waals surface area contributed by atoms with E-state index in [0.29, 0.717) is 18.2 Å². The number of amidine groups is 1. The van der Waals surface area contributed by atoms with Gasteiger partial charge in [-0.1, -0.05) is 11.7 Å². The summed E-state index contributed by atoms with van der Waals surface area (Å²) in [6.07, 6.45) is 0. The van der Waals surface area contributed by atoms with Crippen LogP contribution in [0.3, 0.4) is 0 Å². The van der Waals surface area contributed by atoms with E-state index in [1.54, 1.807) is 12.1 Å². The summed E-state index contributed by atoms with van der Waals surface area (Å²) in [5.74, 6) is 0.637. The van der Waals surface area contributed by atoms with Crippen LogP contribution in [0.1, 0.15) is 12.6 Å². The second kappa shape index (κ2) is 6.24. The lowest BCUT2D eigenvalue weighted by atomic mass is 10.3. The Morgan fingerprint density at radius 1 is 1.59 bits per heavy atom. The molecule has 1 heterocycles. The van der Waals surface area contributed by atoms with Gasteiger partial charge < -0.3 is 15.3 Å². The monoisotopic (exact) mass is 299 g/mol. The van der Waals surface area contributed by atoms with Crippen LogP contribution in [-0.4, -0.2) is 24.5 Å². The highest BCUT2D eigenvalue weighted by atomic mass is 79.9. The molecule has 0 bridgehead atoms. The van der Waals surface area contributed by atoms with Crippen molar-refractivity contribution in [3.8, 4) is 5.88 Å². The lowest BCUT2D eigenvalue weighted by molar-refractivity contribution is 0.168. The van der Waals surface area contributed by atoms with E-state index in [2.05, 4.69) is 32.6 Å². The van der Waals surface area contributed by atoms with E-state index >= 15 is 0 Å². The minimum absolute atomic E-state index is 0.192. The minimum Gasteiger partial charge on any atom is -0.480 e. The summed E-state index contributed by atoms with van der Waals surface area (Å²) in [6, 6.07) is 3.50. The Morgan fingerprint density at radius 3 is 2.88 bits per heavy atom. The van der Waals surface area contributed by atoms with Gasteiger partial charge in [0.1, 0.15) is 12.3 Å². The molecule has 1 aromatic heterocycles. The van der Waals surface area contributed by atoms with Crippen molar-refractivity contribution in [2.24, 2.45) is 10.9 Å². The summed E-state index contributed by atoms with van der Waals surface area (Å²) < 4.78 is 5.80. The first-order valence-corrected chi connectivity index (χ1v) is 5.64. The maximum absolute atomic E-state index is 5.72. The summed E-state index contributed by atoms with van der Waals surface area (Å²) in [4.78, 5) is 9.15. The van der Waals surface area contributed by atoms with Crippen LogP contribution < -0.4 is 10.5 Å². The number of nitrogens with two attached hydrogens (primary N) is 1. The molecule has 0 unspecified atom stereocenters. The average molecular weight is 300 g/mol. The quantitative estimate of drug-likeness (QED) is 0.391. The third kappa shape index (κ3) is 4.07. The molecule has 2 N–H and O–H groups in total. The van der Waals surface area contributed by atoms with Crippen molar-refractivity contribution in [3.63, 3.8) is 0 Å². The molecule has 1 rings (SSSR count). The molecule has 92 valence electrons. The van der Waals surface area contributed by atoms with Gasteiger partial charge in [0.05, 0.1) is 11.6 Å². The van der Waals surface area contributed by atoms with Gasteiger partial charge in [0.2, 0.25) is 5.88 Å². The number of oxime groups is 1. The van der Waals surface area contributed by atoms with Crippen LogP contribution in [0.4, 0.5) is 0 Å². The van der Waals surface area contributed by atoms with Crippen LogP contribution in [0.15, 0.2) is 33.9 Å². The van der Waals surface area contributed by atoms with E-state index < -0.39 is 0 Å². The predicted octanol–water partition coefficient (Wildman–Crippen LogP) is 2.07. The molecule has 0 fully saturated rings. The lowest BCUT2D eigenvalue weighted by Gasteiger charge is -2.05. The molecule has 0 aromatic carbocycles. The molecule has 0 radical (unpaired) electrons. The number of rotatable bonds is 5. The van der Waals surface area contributed by atoms with Crippen molar-refractivity contribution in [1.82, 2.24) is 4.98 Å². The molecular formula is C11H14BrN3O2. The maximum atomic E-state index is 5.72. The molecule has 0 aliphatic carbocycles. The third-order valence-corrected chi connectivity index (χ3v) is 2.35. The SMILES string of the molecule is C=C(C)CON=C(N)c1ccc(Br)c(OC)n1. The van der Waals surface area contributed by atoms with Gasteiger partial charge in [-0.2, -0.15) is 0 Å². The van der Waals surface area contributed by atoms with Crippen LogP contribution in [0, 0.1) is 0 Å². The van der Waals surface area contributed by atoms with E-state index in [-0.39, 0.29) is 5.84 Å². The van der Waals surface area contributed by atoms with Gasteiger partial charge in [-0.15, -0.1) is 0 Å². The molecule has 5 nitrogen and oxygen atoms in total. The minimum atomic E-state index is 0.192. The van der Waals surface area contributed by atoms with E-state index in [9.17, 15) is 0 Å². The summed E-state index contributed by atoms with van der Waals surface area (Å²) in [6.45, 7) is 5.85. The Bertz CT molecular complexity index is 446. The highest BCUT2D eigenvalue weighted by molar-refractivity contribution is 9.10. The molecule has 0 saturated heterocycles. The van der Waals surface area contributed by atoms with Gasteiger partial charge in [-0.05, 0) is 40.6 Å². The van der Waals surface area contributed by atoms with Crippen molar-refractivity contribution in [1.29, 1.82) is 0 Å². The molecular weight excluding hydrogens is 286 g/mol. The predicted molar refractivity (Wildman–Crippen MR) is 70.0 cm³/mol. The van der Waals surface area contributed by atoms with Crippen LogP contribution in [0.25, 0.3) is 0 Å². The van der Waals surface area contributed by atoms with Crippen molar-refractivity contribution in [2.75, 3.05) is 13.7 Å². The fourth-order valence-electron chi connectivity index (χ4n) is 0.968. The zero-order chi connectivity index (χ0) is 12.8. The smallest absolute Gasteiger partial charge is 0.228 e. The first-order valence-electron chi connectivity index (χ1n) is 4.85. The number of ether oxygens (including phenoxy) is 1. The van der Waals surface area contributed by atoms with E-state index in [1.165, 1.54) is 7.11 Å². The first kappa shape index (κ1) is 13.5. The zero-order valence-corrected chi connectivity index (χ0v) is 11.3. The summed E-state index contributed by atoms with van der Waals surface area (Å²) in [7, 11) is 1.53. The Balaban J connectivity index is 2.81. The average Bonchev–Trinajstić information content (AvgIpc) is 2.29. The van der Waals surface area contributed by atoms with Gasteiger partial charge in [0.25, 0.3) is 0 Å². The molecule has 0 aliphatic heterocycles. The Kier molecular flexibility index (Phi) is 4.96. The summed E-state index contributed by atoms with van der Waals surface area (Å²) >= 11 is 3.30. The third-order valence-electron chi connectivity index (χ3n) is 1.74. The zero-order valence-electron chi connectivity index (χ0n) is 9.74. The van der Waals surface area contributed by atoms with Crippen molar-refractivity contribution >= 4 is 21.8 Å². The Hall–Kier alpha value is -1.56. The van der Waals surface area contributed by atoms with Crippen LogP contribution in [0.5, 0.6) is 5.88 Å². The number of pyridine rings is 1. The van der Waals surface area contributed by atoms with Crippen LogP contribution in [0.2, 0.25) is 0 Å². The second-order valence-corrected chi connectivity index (χ2v) is 4.25. The topological polar surface area (TPSA) is 69.7 Å². The van der Waals surface area contributed by atoms with E-state index in [0.717, 1.165) is 10.0 Å². The standard InChI is InChI=1S/C11H14BrN3O2/c1-7(2)6-17-15-10(13)9-5-4-8(12)11(14-9)16-3/h4-5H,1,6H2,2-3H3,(H2,13,15). The highest BCUT2D eigenvalue weighted by Crippen LogP contribution is 2.21. The summed E-state index contributed by atoms with van der Waals surface area (Å²) in [5, 5.41) is 3.74. The molecule has 17 heavy (non-hydrogen) atoms. The van der Waals surface area contributed by atoms with Crippen molar-refractivity contribution < 1.29 is 9.57 Å². The van der Waals surface area contributed by atoms with Crippen molar-refractivity contribution in [3.05, 3.63) is 34.5 Å². The van der Waals surface area contributed by atoms with E-state index in [1.807, 2.05) is 6.92 Å². The van der Waals surface area contributed by atoms with Crippen LogP contribution >= 0.6 is 15.9 Å². The number of aromatic nitrogens is 1. The maximum Gasteiger partial charge on any atom is 0.228 e. The number of methoxy groups -OCH3 is 1. The summed E-state index contributed by atoms with van der Waals surface area (Å²) in [5.41, 5.74) is 7.07. The van der Waals surface area contributed by atoms with E-state index in [4.69, 9.17) is 15.3 Å². The molecule has 1 aromatic rings. The highest BCUT2D eigenvalue weighted by Gasteiger charge is 2.06. The van der Waals surface area contributed by atoms with Gasteiger partial charge >= 0.3 is 0 Å². The Morgan fingerprint density at radius 2 is 2.29 bits per heavy atom. The molecule has 0 aliphatic rings. The molecule has 0 spiro atoms. The largest absolute Gasteiger partial charge is 0.480 e. The van der Waals surface area contributed by atoms with Gasteiger partial charge in [-0.25, -0.2) is 4.98 Å². The fraction of sp³-hybridized carbons (Fsp3) is 0.273. The number of halogens is 1. The van der Waals surface area contributed by atoms with Crippen molar-refractivity contribution in [2.45, 2.75) is 6.92 Å². The number of hydrogen-bond acceptors (Lipinski definition) is 4. The Labute approximate surface area is 108 Å². The van der Waals surface area contributed by atoms with Gasteiger partial charge in [0.15, 0.2) is 5.84 Å². The lowest BCUT2D eigenvalue weighted by Crippen LogP contribution is -2.16. The number of hydrogen-bond donors (Lipinski definition) is 1. The number of nitrogens with zero attached hydrogens (tertiary/aromatic N) is 2. The molecule has 0 amide bonds. The van der Waals surface area contributed by atoms with Crippen LogP contribution in [-0.2, 0) is 4.84 Å². The van der Waals surface area contributed by atoms with Gasteiger partial charge in [0, 0.05) is 0 Å². The normalized spacial score (nSPS) is 11.1. The molecule has 6 heteroatoms. The second-order valence-electron chi connectivity index (χ2n) is 3.39. The molecule has 0 atom stereocenters. The molecule has 0 saturated carbocycles. The fourth-order valence-corrected chi connectivity index (χ4v) is 1.35.